The quantitative estimate of drug-likeness (QED) is 0.632. The molecule has 0 spiro atoms. The molecule has 3 aromatic rings. The van der Waals surface area contributed by atoms with E-state index in [-0.39, 0.29) is 10.8 Å². The van der Waals surface area contributed by atoms with Crippen molar-refractivity contribution in [1.82, 2.24) is 24.5 Å². The van der Waals surface area contributed by atoms with Crippen molar-refractivity contribution in [1.29, 1.82) is 0 Å². The highest BCUT2D eigenvalue weighted by molar-refractivity contribution is 7.91. The first-order valence-electron chi connectivity index (χ1n) is 8.29. The van der Waals surface area contributed by atoms with Gasteiger partial charge in [-0.05, 0) is 12.1 Å². The van der Waals surface area contributed by atoms with E-state index < -0.39 is 10.0 Å². The number of aromatic nitrogens is 4. The number of anilines is 1. The SMILES string of the molecule is O=S(=O)(NCCn1ncc2c(N3CCOCC3)ncnc21)c1ccc(Cl)s1. The molecule has 0 aromatic carbocycles. The summed E-state index contributed by atoms with van der Waals surface area (Å²) in [5.74, 6) is 0.823. The smallest absolute Gasteiger partial charge is 0.250 e. The first kappa shape index (κ1) is 18.6. The lowest BCUT2D eigenvalue weighted by Crippen LogP contribution is -2.36. The second-order valence-corrected chi connectivity index (χ2v) is 9.57. The van der Waals surface area contributed by atoms with Crippen molar-refractivity contribution >= 4 is 49.8 Å². The first-order valence-corrected chi connectivity index (χ1v) is 11.0. The van der Waals surface area contributed by atoms with E-state index in [2.05, 4.69) is 24.7 Å². The lowest BCUT2D eigenvalue weighted by Gasteiger charge is -2.27. The van der Waals surface area contributed by atoms with Gasteiger partial charge in [-0.3, -0.25) is 0 Å². The van der Waals surface area contributed by atoms with Gasteiger partial charge in [0, 0.05) is 19.6 Å². The molecule has 4 heterocycles. The second kappa shape index (κ2) is 7.68. The van der Waals surface area contributed by atoms with Crippen molar-refractivity contribution < 1.29 is 13.2 Å². The van der Waals surface area contributed by atoms with Crippen LogP contribution in [0.3, 0.4) is 0 Å². The molecule has 1 fully saturated rings. The van der Waals surface area contributed by atoms with E-state index in [0.717, 1.165) is 35.6 Å². The van der Waals surface area contributed by atoms with Crippen LogP contribution in [-0.2, 0) is 21.3 Å². The van der Waals surface area contributed by atoms with Crippen molar-refractivity contribution in [3.8, 4) is 0 Å². The Morgan fingerprint density at radius 2 is 2.07 bits per heavy atom. The summed E-state index contributed by atoms with van der Waals surface area (Å²) in [6.07, 6.45) is 3.22. The number of nitrogens with zero attached hydrogens (tertiary/aromatic N) is 5. The standard InChI is InChI=1S/C15H17ClN6O3S2/c16-12-1-2-13(26-12)27(23,24)20-3-4-22-15-11(9-19-22)14(17-10-18-15)21-5-7-25-8-6-21/h1-2,9-10,20H,3-8H2. The fraction of sp³-hybridized carbons (Fsp3) is 0.400. The maximum Gasteiger partial charge on any atom is 0.250 e. The molecule has 0 aliphatic carbocycles. The Kier molecular flexibility index (Phi) is 5.28. The van der Waals surface area contributed by atoms with Crippen LogP contribution in [0.1, 0.15) is 0 Å². The molecule has 1 N–H and O–H groups in total. The average Bonchev–Trinajstić information content (AvgIpc) is 3.29. The minimum atomic E-state index is -3.58. The number of hydrogen-bond acceptors (Lipinski definition) is 8. The van der Waals surface area contributed by atoms with Crippen LogP contribution in [0.5, 0.6) is 0 Å². The summed E-state index contributed by atoms with van der Waals surface area (Å²) in [4.78, 5) is 10.8. The average molecular weight is 429 g/mol. The monoisotopic (exact) mass is 428 g/mol. The van der Waals surface area contributed by atoms with Crippen LogP contribution in [0.25, 0.3) is 11.0 Å². The zero-order valence-electron chi connectivity index (χ0n) is 14.2. The van der Waals surface area contributed by atoms with Crippen molar-refractivity contribution in [3.63, 3.8) is 0 Å². The van der Waals surface area contributed by atoms with E-state index in [9.17, 15) is 8.42 Å². The Morgan fingerprint density at radius 1 is 1.26 bits per heavy atom. The molecule has 0 unspecified atom stereocenters. The molecule has 4 rings (SSSR count). The Balaban J connectivity index is 1.48. The third-order valence-corrected chi connectivity index (χ3v) is 7.34. The number of sulfonamides is 1. The highest BCUT2D eigenvalue weighted by Crippen LogP contribution is 2.25. The normalized spacial score (nSPS) is 15.5. The molecule has 144 valence electrons. The molecule has 0 bridgehead atoms. The summed E-state index contributed by atoms with van der Waals surface area (Å²) < 4.78 is 34.8. The van der Waals surface area contributed by atoms with Gasteiger partial charge in [-0.1, -0.05) is 11.6 Å². The van der Waals surface area contributed by atoms with Crippen LogP contribution in [0, 0.1) is 0 Å². The number of hydrogen-bond donors (Lipinski definition) is 1. The fourth-order valence-electron chi connectivity index (χ4n) is 2.87. The van der Waals surface area contributed by atoms with Crippen molar-refractivity contribution in [2.24, 2.45) is 0 Å². The number of nitrogens with one attached hydrogen (secondary N) is 1. The van der Waals surface area contributed by atoms with Crippen molar-refractivity contribution in [2.75, 3.05) is 37.7 Å². The van der Waals surface area contributed by atoms with Crippen molar-refractivity contribution in [2.45, 2.75) is 10.8 Å². The van der Waals surface area contributed by atoms with Gasteiger partial charge in [-0.15, -0.1) is 11.3 Å². The Hall–Kier alpha value is -1.79. The Bertz CT molecular complexity index is 1040. The molecular weight excluding hydrogens is 412 g/mol. The highest BCUT2D eigenvalue weighted by Gasteiger charge is 2.19. The number of thiophene rings is 1. The summed E-state index contributed by atoms with van der Waals surface area (Å²) >= 11 is 6.83. The lowest BCUT2D eigenvalue weighted by atomic mass is 10.3. The van der Waals surface area contributed by atoms with E-state index >= 15 is 0 Å². The zero-order chi connectivity index (χ0) is 18.9. The zero-order valence-corrected chi connectivity index (χ0v) is 16.6. The highest BCUT2D eigenvalue weighted by atomic mass is 35.5. The summed E-state index contributed by atoms with van der Waals surface area (Å²) in [5, 5.41) is 5.19. The third-order valence-electron chi connectivity index (χ3n) is 4.15. The minimum absolute atomic E-state index is 0.186. The number of rotatable bonds is 6. The molecular formula is C15H17ClN6O3S2. The Labute approximate surface area is 165 Å². The number of halogens is 1. The molecule has 3 aromatic heterocycles. The van der Waals surface area contributed by atoms with Crippen molar-refractivity contribution in [3.05, 3.63) is 29.0 Å². The van der Waals surface area contributed by atoms with Gasteiger partial charge < -0.3 is 9.64 Å². The third kappa shape index (κ3) is 3.92. The van der Waals surface area contributed by atoms with Gasteiger partial charge in [-0.25, -0.2) is 27.8 Å². The van der Waals surface area contributed by atoms with Gasteiger partial charge in [0.2, 0.25) is 10.0 Å². The predicted octanol–water partition coefficient (Wildman–Crippen LogP) is 1.36. The van der Waals surface area contributed by atoms with Gasteiger partial charge in [0.15, 0.2) is 5.65 Å². The van der Waals surface area contributed by atoms with E-state index in [4.69, 9.17) is 16.3 Å². The molecule has 0 amide bonds. The maximum absolute atomic E-state index is 12.3. The van der Waals surface area contributed by atoms with Crippen LogP contribution in [0.4, 0.5) is 5.82 Å². The van der Waals surface area contributed by atoms with Gasteiger partial charge in [0.1, 0.15) is 16.4 Å². The molecule has 1 aliphatic heterocycles. The molecule has 0 atom stereocenters. The van der Waals surface area contributed by atoms with Crippen LogP contribution >= 0.6 is 22.9 Å². The number of fused-ring (bicyclic) bond motifs is 1. The van der Waals surface area contributed by atoms with Gasteiger partial charge in [0.05, 0.1) is 35.7 Å². The van der Waals surface area contributed by atoms with Crippen LogP contribution in [0.15, 0.2) is 28.9 Å². The topological polar surface area (TPSA) is 102 Å². The van der Waals surface area contributed by atoms with E-state index in [1.807, 2.05) is 0 Å². The lowest BCUT2D eigenvalue weighted by molar-refractivity contribution is 0.122. The van der Waals surface area contributed by atoms with Crippen LogP contribution in [0.2, 0.25) is 4.34 Å². The summed E-state index contributed by atoms with van der Waals surface area (Å²) in [6.45, 7) is 3.39. The van der Waals surface area contributed by atoms with Gasteiger partial charge in [-0.2, -0.15) is 5.10 Å². The maximum atomic E-state index is 12.3. The predicted molar refractivity (Wildman–Crippen MR) is 103 cm³/mol. The molecule has 1 aliphatic rings. The van der Waals surface area contributed by atoms with Crippen LogP contribution < -0.4 is 9.62 Å². The molecule has 9 nitrogen and oxygen atoms in total. The minimum Gasteiger partial charge on any atom is -0.378 e. The first-order chi connectivity index (χ1) is 13.0. The molecule has 27 heavy (non-hydrogen) atoms. The number of morpholine rings is 1. The van der Waals surface area contributed by atoms with E-state index in [0.29, 0.717) is 29.7 Å². The summed E-state index contributed by atoms with van der Waals surface area (Å²) in [6, 6.07) is 3.05. The van der Waals surface area contributed by atoms with Crippen LogP contribution in [-0.4, -0.2) is 61.0 Å². The van der Waals surface area contributed by atoms with Gasteiger partial charge >= 0.3 is 0 Å². The molecule has 0 saturated carbocycles. The fourth-order valence-corrected chi connectivity index (χ4v) is 5.42. The largest absolute Gasteiger partial charge is 0.378 e. The number of ether oxygens (including phenoxy) is 1. The van der Waals surface area contributed by atoms with E-state index in [1.165, 1.54) is 12.4 Å². The van der Waals surface area contributed by atoms with E-state index in [1.54, 1.807) is 16.9 Å². The van der Waals surface area contributed by atoms with Gasteiger partial charge in [0.25, 0.3) is 0 Å². The molecule has 12 heteroatoms. The summed E-state index contributed by atoms with van der Waals surface area (Å²) in [7, 11) is -3.58. The summed E-state index contributed by atoms with van der Waals surface area (Å²) in [5.41, 5.74) is 0.671. The molecule has 1 saturated heterocycles. The molecule has 0 radical (unpaired) electrons. The second-order valence-electron chi connectivity index (χ2n) is 5.86. The Morgan fingerprint density at radius 3 is 2.81 bits per heavy atom.